The summed E-state index contributed by atoms with van der Waals surface area (Å²) < 4.78 is 0. The molecule has 3 heteroatoms. The van der Waals surface area contributed by atoms with E-state index in [1.165, 1.54) is 0 Å². The van der Waals surface area contributed by atoms with Crippen LogP contribution in [0, 0.1) is 0 Å². The lowest BCUT2D eigenvalue weighted by molar-refractivity contribution is 0.211. The molecule has 14 heavy (non-hydrogen) atoms. The first-order valence-electron chi connectivity index (χ1n) is 4.73. The van der Waals surface area contributed by atoms with Gasteiger partial charge < -0.3 is 10.2 Å². The molecule has 76 valence electrons. The van der Waals surface area contributed by atoms with Gasteiger partial charge in [0.1, 0.15) is 0 Å². The van der Waals surface area contributed by atoms with Gasteiger partial charge in [-0.3, -0.25) is 0 Å². The van der Waals surface area contributed by atoms with Gasteiger partial charge in [-0.2, -0.15) is 0 Å². The molecular formula is C11H16N2O. The van der Waals surface area contributed by atoms with Crippen LogP contribution >= 0.6 is 0 Å². The van der Waals surface area contributed by atoms with Crippen molar-refractivity contribution in [1.82, 2.24) is 10.2 Å². The van der Waals surface area contributed by atoms with Gasteiger partial charge in [-0.05, 0) is 18.1 Å². The van der Waals surface area contributed by atoms with Crippen molar-refractivity contribution in [3.05, 3.63) is 36.1 Å². The molecule has 0 bridgehead atoms. The SMILES string of the molecule is C=C/C=C1/NC(=O)N(C)C/C1=C/CC. The molecule has 2 amide bonds. The second-order valence-corrected chi connectivity index (χ2v) is 3.24. The Hall–Kier alpha value is -1.51. The number of carbonyl (C=O) groups is 1. The standard InChI is InChI=1S/C11H16N2O/c1-4-6-9-8-13(3)11(14)12-10(9)7-5-2/h5-7H,2,4,8H2,1,3H3,(H,12,14)/b9-6-,10-7+. The van der Waals surface area contributed by atoms with Crippen LogP contribution in [0.5, 0.6) is 0 Å². The molecule has 1 aliphatic heterocycles. The van der Waals surface area contributed by atoms with Gasteiger partial charge in [0, 0.05) is 19.3 Å². The van der Waals surface area contributed by atoms with Crippen LogP contribution < -0.4 is 5.32 Å². The molecule has 0 radical (unpaired) electrons. The van der Waals surface area contributed by atoms with E-state index >= 15 is 0 Å². The Bertz CT molecular complexity index is 302. The predicted octanol–water partition coefficient (Wildman–Crippen LogP) is 2.05. The molecule has 1 fully saturated rings. The number of hydrogen-bond donors (Lipinski definition) is 1. The maximum atomic E-state index is 11.3. The summed E-state index contributed by atoms with van der Waals surface area (Å²) >= 11 is 0. The van der Waals surface area contributed by atoms with Crippen molar-refractivity contribution in [3.8, 4) is 0 Å². The molecule has 1 aliphatic rings. The molecular weight excluding hydrogens is 176 g/mol. The number of likely N-dealkylation sites (N-methyl/N-ethyl adjacent to an activating group) is 1. The van der Waals surface area contributed by atoms with Gasteiger partial charge in [0.2, 0.25) is 0 Å². The van der Waals surface area contributed by atoms with E-state index in [4.69, 9.17) is 0 Å². The van der Waals surface area contributed by atoms with Crippen molar-refractivity contribution in [2.24, 2.45) is 0 Å². The van der Waals surface area contributed by atoms with E-state index in [1.807, 2.05) is 6.08 Å². The normalized spacial score (nSPS) is 22.7. The number of nitrogens with zero attached hydrogens (tertiary/aromatic N) is 1. The molecule has 1 rings (SSSR count). The number of urea groups is 1. The first kappa shape index (κ1) is 10.6. The Morgan fingerprint density at radius 1 is 1.64 bits per heavy atom. The van der Waals surface area contributed by atoms with Crippen molar-refractivity contribution in [3.63, 3.8) is 0 Å². The summed E-state index contributed by atoms with van der Waals surface area (Å²) in [5.74, 6) is 0. The Balaban J connectivity index is 2.91. The number of carbonyl (C=O) groups excluding carboxylic acids is 1. The van der Waals surface area contributed by atoms with Gasteiger partial charge in [-0.25, -0.2) is 4.79 Å². The van der Waals surface area contributed by atoms with Crippen molar-refractivity contribution in [2.75, 3.05) is 13.6 Å². The van der Waals surface area contributed by atoms with Crippen molar-refractivity contribution >= 4 is 6.03 Å². The minimum atomic E-state index is -0.0636. The van der Waals surface area contributed by atoms with Crippen molar-refractivity contribution in [2.45, 2.75) is 13.3 Å². The van der Waals surface area contributed by atoms with Crippen molar-refractivity contribution < 1.29 is 4.79 Å². The van der Waals surface area contributed by atoms with Crippen LogP contribution in [0.3, 0.4) is 0 Å². The van der Waals surface area contributed by atoms with Gasteiger partial charge in [0.05, 0.1) is 0 Å². The Labute approximate surface area is 84.8 Å². The van der Waals surface area contributed by atoms with Crippen molar-refractivity contribution in [1.29, 1.82) is 0 Å². The molecule has 0 aromatic heterocycles. The average Bonchev–Trinajstić information content (AvgIpc) is 2.14. The zero-order valence-corrected chi connectivity index (χ0v) is 8.71. The summed E-state index contributed by atoms with van der Waals surface area (Å²) in [6, 6.07) is -0.0636. The molecule has 0 aromatic carbocycles. The second-order valence-electron chi connectivity index (χ2n) is 3.24. The lowest BCUT2D eigenvalue weighted by Gasteiger charge is -2.27. The monoisotopic (exact) mass is 192 g/mol. The molecule has 0 spiro atoms. The molecule has 1 saturated heterocycles. The van der Waals surface area contributed by atoms with Crippen LogP contribution in [0.4, 0.5) is 4.79 Å². The van der Waals surface area contributed by atoms with Crippen LogP contribution in [0.25, 0.3) is 0 Å². The quantitative estimate of drug-likeness (QED) is 0.713. The number of allylic oxidation sites excluding steroid dienone is 3. The van der Waals surface area contributed by atoms with Crippen LogP contribution in [0.2, 0.25) is 0 Å². The Morgan fingerprint density at radius 3 is 2.93 bits per heavy atom. The highest BCUT2D eigenvalue weighted by molar-refractivity contribution is 5.79. The minimum absolute atomic E-state index is 0.0636. The summed E-state index contributed by atoms with van der Waals surface area (Å²) in [4.78, 5) is 13.0. The number of rotatable bonds is 2. The largest absolute Gasteiger partial charge is 0.323 e. The first-order chi connectivity index (χ1) is 6.69. The van der Waals surface area contributed by atoms with Gasteiger partial charge in [0.25, 0.3) is 0 Å². The zero-order chi connectivity index (χ0) is 10.6. The topological polar surface area (TPSA) is 32.3 Å². The minimum Gasteiger partial charge on any atom is -0.323 e. The average molecular weight is 192 g/mol. The van der Waals surface area contributed by atoms with E-state index in [2.05, 4.69) is 24.9 Å². The highest BCUT2D eigenvalue weighted by Crippen LogP contribution is 2.15. The van der Waals surface area contributed by atoms with Crippen LogP contribution in [-0.4, -0.2) is 24.5 Å². The van der Waals surface area contributed by atoms with E-state index < -0.39 is 0 Å². The second kappa shape index (κ2) is 4.65. The van der Waals surface area contributed by atoms with Gasteiger partial charge >= 0.3 is 6.03 Å². The fourth-order valence-electron chi connectivity index (χ4n) is 1.39. The molecule has 0 atom stereocenters. The van der Waals surface area contributed by atoms with Gasteiger partial charge in [-0.15, -0.1) is 0 Å². The van der Waals surface area contributed by atoms with Gasteiger partial charge in [-0.1, -0.05) is 25.7 Å². The maximum Gasteiger partial charge on any atom is 0.321 e. The fraction of sp³-hybridized carbons (Fsp3) is 0.364. The fourth-order valence-corrected chi connectivity index (χ4v) is 1.39. The van der Waals surface area contributed by atoms with E-state index in [0.717, 1.165) is 17.7 Å². The lowest BCUT2D eigenvalue weighted by Crippen LogP contribution is -2.44. The summed E-state index contributed by atoms with van der Waals surface area (Å²) in [5, 5.41) is 2.81. The molecule has 0 saturated carbocycles. The third kappa shape index (κ3) is 2.25. The molecule has 1 N–H and O–H groups in total. The third-order valence-corrected chi connectivity index (χ3v) is 2.08. The number of nitrogens with one attached hydrogen (secondary N) is 1. The Morgan fingerprint density at radius 2 is 2.36 bits per heavy atom. The number of amides is 2. The van der Waals surface area contributed by atoms with E-state index in [9.17, 15) is 4.79 Å². The summed E-state index contributed by atoms with van der Waals surface area (Å²) in [7, 11) is 1.78. The molecule has 0 unspecified atom stereocenters. The molecule has 0 aromatic rings. The molecule has 1 heterocycles. The Kier molecular flexibility index (Phi) is 3.51. The molecule has 0 aliphatic carbocycles. The highest BCUT2D eigenvalue weighted by Gasteiger charge is 2.20. The van der Waals surface area contributed by atoms with Crippen LogP contribution in [0.15, 0.2) is 36.1 Å². The third-order valence-electron chi connectivity index (χ3n) is 2.08. The zero-order valence-electron chi connectivity index (χ0n) is 8.71. The first-order valence-corrected chi connectivity index (χ1v) is 4.73. The number of hydrogen-bond acceptors (Lipinski definition) is 1. The van der Waals surface area contributed by atoms with Crippen LogP contribution in [-0.2, 0) is 0 Å². The van der Waals surface area contributed by atoms with Crippen LogP contribution in [0.1, 0.15) is 13.3 Å². The smallest absolute Gasteiger partial charge is 0.321 e. The van der Waals surface area contributed by atoms with Gasteiger partial charge in [0.15, 0.2) is 0 Å². The summed E-state index contributed by atoms with van der Waals surface area (Å²) in [6.07, 6.45) is 6.59. The maximum absolute atomic E-state index is 11.3. The molecule has 3 nitrogen and oxygen atoms in total. The summed E-state index contributed by atoms with van der Waals surface area (Å²) in [6.45, 7) is 6.37. The summed E-state index contributed by atoms with van der Waals surface area (Å²) in [5.41, 5.74) is 2.01. The van der Waals surface area contributed by atoms with E-state index in [0.29, 0.717) is 6.54 Å². The van der Waals surface area contributed by atoms with E-state index in [1.54, 1.807) is 18.0 Å². The lowest BCUT2D eigenvalue weighted by atomic mass is 10.1. The predicted molar refractivity (Wildman–Crippen MR) is 57.8 cm³/mol. The highest BCUT2D eigenvalue weighted by atomic mass is 16.2. The van der Waals surface area contributed by atoms with E-state index in [-0.39, 0.29) is 6.03 Å².